The minimum atomic E-state index is -0.274. The number of aryl methyl sites for hydroxylation is 1. The molecule has 0 atom stereocenters. The third-order valence-corrected chi connectivity index (χ3v) is 7.08. The lowest BCUT2D eigenvalue weighted by Gasteiger charge is -2.12. The van der Waals surface area contributed by atoms with Crippen molar-refractivity contribution in [1.82, 2.24) is 9.78 Å². The van der Waals surface area contributed by atoms with Crippen molar-refractivity contribution in [1.29, 1.82) is 0 Å². The Morgan fingerprint density at radius 1 is 1.28 bits per heavy atom. The van der Waals surface area contributed by atoms with Crippen LogP contribution in [0.4, 0.5) is 10.7 Å². The Morgan fingerprint density at radius 3 is 2.91 bits per heavy atom. The molecule has 1 aliphatic rings. The molecule has 2 N–H and O–H groups in total. The number of aromatic nitrogens is 2. The predicted molar refractivity (Wildman–Crippen MR) is 137 cm³/mol. The number of fused-ring (bicyclic) bond motifs is 1. The first-order valence-electron chi connectivity index (χ1n) is 10.7. The zero-order valence-corrected chi connectivity index (χ0v) is 21.0. The zero-order chi connectivity index (χ0) is 22.5. The summed E-state index contributed by atoms with van der Waals surface area (Å²) in [6.45, 7) is 2.84. The van der Waals surface area contributed by atoms with Gasteiger partial charge in [-0.15, -0.1) is 11.3 Å². The summed E-state index contributed by atoms with van der Waals surface area (Å²) < 4.78 is 8.17. The fraction of sp³-hybridized carbons (Fsp3) is 0.348. The van der Waals surface area contributed by atoms with Crippen LogP contribution in [0.2, 0.25) is 0 Å². The molecule has 3 aromatic rings. The molecule has 168 valence electrons. The largest absolute Gasteiger partial charge is 0.462 e. The average molecular weight is 534 g/mol. The van der Waals surface area contributed by atoms with Crippen LogP contribution in [0.3, 0.4) is 0 Å². The fourth-order valence-corrected chi connectivity index (χ4v) is 5.77. The second-order valence-corrected chi connectivity index (χ2v) is 10.1. The highest BCUT2D eigenvalue weighted by Crippen LogP contribution is 2.38. The Kier molecular flexibility index (Phi) is 7.59. The predicted octanol–water partition coefficient (Wildman–Crippen LogP) is 6.01. The van der Waals surface area contributed by atoms with E-state index in [-0.39, 0.29) is 5.97 Å². The van der Waals surface area contributed by atoms with Gasteiger partial charge in [0, 0.05) is 16.8 Å². The SMILES string of the molecule is CCOC(=O)c1c(NC(=S)Nc2cccc(Cn3cc(Br)cn3)c2)sc2c1CCCCC2. The van der Waals surface area contributed by atoms with Gasteiger partial charge in [0.2, 0.25) is 0 Å². The molecule has 2 heterocycles. The van der Waals surface area contributed by atoms with Crippen molar-refractivity contribution in [3.05, 3.63) is 62.7 Å². The summed E-state index contributed by atoms with van der Waals surface area (Å²) in [7, 11) is 0. The average Bonchev–Trinajstić information content (AvgIpc) is 3.22. The molecule has 2 aromatic heterocycles. The van der Waals surface area contributed by atoms with Gasteiger partial charge in [-0.2, -0.15) is 5.10 Å². The summed E-state index contributed by atoms with van der Waals surface area (Å²) in [5.41, 5.74) is 3.75. The Labute approximate surface area is 205 Å². The van der Waals surface area contributed by atoms with E-state index >= 15 is 0 Å². The van der Waals surface area contributed by atoms with E-state index in [0.717, 1.165) is 52.0 Å². The molecule has 6 nitrogen and oxygen atoms in total. The fourth-order valence-electron chi connectivity index (χ4n) is 3.87. The molecule has 32 heavy (non-hydrogen) atoms. The van der Waals surface area contributed by atoms with Crippen LogP contribution < -0.4 is 10.6 Å². The minimum absolute atomic E-state index is 0.274. The van der Waals surface area contributed by atoms with Gasteiger partial charge in [-0.1, -0.05) is 18.6 Å². The number of esters is 1. The van der Waals surface area contributed by atoms with Gasteiger partial charge in [0.25, 0.3) is 0 Å². The van der Waals surface area contributed by atoms with Crippen LogP contribution in [0.15, 0.2) is 41.1 Å². The van der Waals surface area contributed by atoms with Crippen LogP contribution in [-0.2, 0) is 24.1 Å². The van der Waals surface area contributed by atoms with Gasteiger partial charge in [0.05, 0.1) is 29.4 Å². The molecule has 0 unspecified atom stereocenters. The van der Waals surface area contributed by atoms with Gasteiger partial charge >= 0.3 is 5.97 Å². The number of nitrogens with zero attached hydrogens (tertiary/aromatic N) is 2. The summed E-state index contributed by atoms with van der Waals surface area (Å²) in [6.07, 6.45) is 9.05. The molecule has 0 saturated carbocycles. The minimum Gasteiger partial charge on any atom is -0.462 e. The monoisotopic (exact) mass is 532 g/mol. The molecule has 0 spiro atoms. The zero-order valence-electron chi connectivity index (χ0n) is 17.8. The number of halogens is 1. The van der Waals surface area contributed by atoms with Crippen LogP contribution in [0, 0.1) is 0 Å². The van der Waals surface area contributed by atoms with Crippen LogP contribution >= 0.6 is 39.5 Å². The Balaban J connectivity index is 1.49. The standard InChI is InChI=1S/C23H25BrN4O2S2/c1-2-30-22(29)20-18-9-4-3-5-10-19(18)32-21(20)27-23(31)26-17-8-6-7-15(11-17)13-28-14-16(24)12-25-28/h6-8,11-12,14H,2-5,9-10,13H2,1H3,(H2,26,27,31). The van der Waals surface area contributed by atoms with Gasteiger partial charge in [0.15, 0.2) is 5.11 Å². The quantitative estimate of drug-likeness (QED) is 0.230. The molecule has 0 saturated heterocycles. The maximum atomic E-state index is 12.7. The number of hydrogen-bond acceptors (Lipinski definition) is 5. The summed E-state index contributed by atoms with van der Waals surface area (Å²) >= 11 is 10.6. The number of anilines is 2. The summed E-state index contributed by atoms with van der Waals surface area (Å²) in [6, 6.07) is 8.04. The molecule has 0 aliphatic heterocycles. The molecule has 0 fully saturated rings. The summed E-state index contributed by atoms with van der Waals surface area (Å²) in [5, 5.41) is 12.0. The molecular weight excluding hydrogens is 508 g/mol. The smallest absolute Gasteiger partial charge is 0.341 e. The van der Waals surface area contributed by atoms with Gasteiger partial charge in [-0.3, -0.25) is 4.68 Å². The van der Waals surface area contributed by atoms with Crippen molar-refractivity contribution in [3.63, 3.8) is 0 Å². The second-order valence-electron chi connectivity index (χ2n) is 7.62. The Bertz CT molecular complexity index is 1130. The molecule has 0 bridgehead atoms. The van der Waals surface area contributed by atoms with E-state index in [1.807, 2.05) is 42.1 Å². The summed E-state index contributed by atoms with van der Waals surface area (Å²) in [5.74, 6) is -0.274. The highest BCUT2D eigenvalue weighted by atomic mass is 79.9. The number of benzene rings is 1. The van der Waals surface area contributed by atoms with Crippen molar-refractivity contribution in [2.75, 3.05) is 17.2 Å². The number of thiocarbonyl (C=S) groups is 1. The van der Waals surface area contributed by atoms with Crippen LogP contribution in [0.25, 0.3) is 0 Å². The van der Waals surface area contributed by atoms with E-state index in [1.165, 1.54) is 11.3 Å². The maximum absolute atomic E-state index is 12.7. The highest BCUT2D eigenvalue weighted by molar-refractivity contribution is 9.10. The number of rotatable bonds is 6. The number of nitrogens with one attached hydrogen (secondary N) is 2. The first-order chi connectivity index (χ1) is 15.5. The Morgan fingerprint density at radius 2 is 2.12 bits per heavy atom. The molecule has 0 amide bonds. The number of hydrogen-bond donors (Lipinski definition) is 2. The van der Waals surface area contributed by atoms with Gasteiger partial charge in [0.1, 0.15) is 5.00 Å². The molecule has 1 aliphatic carbocycles. The summed E-state index contributed by atoms with van der Waals surface area (Å²) in [4.78, 5) is 14.0. The highest BCUT2D eigenvalue weighted by Gasteiger charge is 2.26. The molecular formula is C23H25BrN4O2S2. The molecule has 4 rings (SSSR count). The molecule has 0 radical (unpaired) electrons. The number of carbonyl (C=O) groups excluding carboxylic acids is 1. The van der Waals surface area contributed by atoms with Crippen LogP contribution in [-0.4, -0.2) is 27.5 Å². The topological polar surface area (TPSA) is 68.2 Å². The van der Waals surface area contributed by atoms with E-state index in [4.69, 9.17) is 17.0 Å². The van der Waals surface area contributed by atoms with Crippen molar-refractivity contribution >= 4 is 61.3 Å². The lowest BCUT2D eigenvalue weighted by Crippen LogP contribution is -2.20. The third kappa shape index (κ3) is 5.57. The van der Waals surface area contributed by atoms with Crippen molar-refractivity contribution in [3.8, 4) is 0 Å². The van der Waals surface area contributed by atoms with E-state index < -0.39 is 0 Å². The van der Waals surface area contributed by atoms with Crippen molar-refractivity contribution < 1.29 is 9.53 Å². The Hall–Kier alpha value is -2.23. The van der Waals surface area contributed by atoms with Gasteiger partial charge < -0.3 is 15.4 Å². The number of thiophene rings is 1. The van der Waals surface area contributed by atoms with Crippen LogP contribution in [0.1, 0.15) is 52.5 Å². The van der Waals surface area contributed by atoms with Crippen molar-refractivity contribution in [2.45, 2.75) is 45.6 Å². The van der Waals surface area contributed by atoms with Crippen LogP contribution in [0.5, 0.6) is 0 Å². The second kappa shape index (κ2) is 10.6. The lowest BCUT2D eigenvalue weighted by molar-refractivity contribution is 0.0527. The van der Waals surface area contributed by atoms with E-state index in [0.29, 0.717) is 23.8 Å². The first-order valence-corrected chi connectivity index (χ1v) is 12.7. The van der Waals surface area contributed by atoms with Gasteiger partial charge in [-0.05, 0) is 84.0 Å². The lowest BCUT2D eigenvalue weighted by atomic mass is 10.1. The third-order valence-electron chi connectivity index (χ3n) is 5.26. The first kappa shape index (κ1) is 22.9. The van der Waals surface area contributed by atoms with E-state index in [2.05, 4.69) is 31.7 Å². The van der Waals surface area contributed by atoms with E-state index in [9.17, 15) is 4.79 Å². The van der Waals surface area contributed by atoms with Gasteiger partial charge in [-0.25, -0.2) is 4.79 Å². The van der Waals surface area contributed by atoms with Crippen molar-refractivity contribution in [2.24, 2.45) is 0 Å². The molecule has 9 heteroatoms. The van der Waals surface area contributed by atoms with E-state index in [1.54, 1.807) is 17.5 Å². The number of ether oxygens (including phenoxy) is 1. The molecule has 1 aromatic carbocycles. The normalized spacial score (nSPS) is 13.2. The number of carbonyl (C=O) groups is 1. The maximum Gasteiger partial charge on any atom is 0.341 e.